The molecular weight excluding hydrogens is 331 g/mol. The molecule has 0 unspecified atom stereocenters. The number of nitrogens with zero attached hydrogens (tertiary/aromatic N) is 2. The van der Waals surface area contributed by atoms with Gasteiger partial charge in [-0.1, -0.05) is 18.2 Å². The molecule has 1 fully saturated rings. The van der Waals surface area contributed by atoms with Gasteiger partial charge in [-0.05, 0) is 58.6 Å². The highest BCUT2D eigenvalue weighted by Crippen LogP contribution is 2.26. The first kappa shape index (κ1) is 14.3. The highest BCUT2D eigenvalue weighted by atomic mass is 79.9. The first-order chi connectivity index (χ1) is 10.2. The normalized spacial score (nSPS) is 15.0. The zero-order chi connectivity index (χ0) is 14.7. The molecule has 1 saturated heterocycles. The van der Waals surface area contributed by atoms with Gasteiger partial charge in [-0.2, -0.15) is 0 Å². The van der Waals surface area contributed by atoms with E-state index in [9.17, 15) is 4.39 Å². The van der Waals surface area contributed by atoms with Crippen molar-refractivity contribution >= 4 is 33.5 Å². The van der Waals surface area contributed by atoms with Gasteiger partial charge in [-0.25, -0.2) is 4.39 Å². The van der Waals surface area contributed by atoms with Crippen molar-refractivity contribution in [3.05, 3.63) is 58.3 Å². The third-order valence-electron chi connectivity index (χ3n) is 3.62. The van der Waals surface area contributed by atoms with E-state index in [1.807, 2.05) is 36.4 Å². The number of halogens is 2. The van der Waals surface area contributed by atoms with Gasteiger partial charge in [0.2, 0.25) is 0 Å². The molecule has 0 amide bonds. The Labute approximate surface area is 132 Å². The number of aliphatic imine (C=N–C) groups is 1. The van der Waals surface area contributed by atoms with Crippen LogP contribution in [0, 0.1) is 5.82 Å². The predicted octanol–water partition coefficient (Wildman–Crippen LogP) is 4.94. The summed E-state index contributed by atoms with van der Waals surface area (Å²) in [6.07, 6.45) is 3.98. The quantitative estimate of drug-likeness (QED) is 0.718. The van der Waals surface area contributed by atoms with Gasteiger partial charge in [0.15, 0.2) is 0 Å². The third kappa shape index (κ3) is 3.32. The van der Waals surface area contributed by atoms with Gasteiger partial charge in [0.25, 0.3) is 0 Å². The fourth-order valence-corrected chi connectivity index (χ4v) is 2.91. The van der Waals surface area contributed by atoms with Gasteiger partial charge in [0.1, 0.15) is 5.82 Å². The van der Waals surface area contributed by atoms with Crippen molar-refractivity contribution in [3.63, 3.8) is 0 Å². The molecule has 3 rings (SSSR count). The minimum Gasteiger partial charge on any atom is -0.369 e. The number of para-hydroxylation sites is 1. The predicted molar refractivity (Wildman–Crippen MR) is 89.2 cm³/mol. The highest BCUT2D eigenvalue weighted by molar-refractivity contribution is 9.10. The molecule has 0 aromatic heterocycles. The molecule has 0 saturated carbocycles. The molecule has 2 aromatic carbocycles. The Balaban J connectivity index is 1.80. The van der Waals surface area contributed by atoms with E-state index in [1.54, 1.807) is 12.3 Å². The molecule has 0 aliphatic carbocycles. The van der Waals surface area contributed by atoms with Gasteiger partial charge >= 0.3 is 0 Å². The van der Waals surface area contributed by atoms with Crippen LogP contribution in [0.3, 0.4) is 0 Å². The average molecular weight is 347 g/mol. The Kier molecular flexibility index (Phi) is 4.34. The van der Waals surface area contributed by atoms with E-state index in [0.717, 1.165) is 41.7 Å². The number of benzene rings is 2. The first-order valence-electron chi connectivity index (χ1n) is 7.07. The van der Waals surface area contributed by atoms with E-state index < -0.39 is 0 Å². The maximum absolute atomic E-state index is 14.2. The second-order valence-corrected chi connectivity index (χ2v) is 5.97. The van der Waals surface area contributed by atoms with Crippen molar-refractivity contribution in [1.29, 1.82) is 0 Å². The van der Waals surface area contributed by atoms with Gasteiger partial charge in [-0.3, -0.25) is 4.99 Å². The Morgan fingerprint density at radius 3 is 2.57 bits per heavy atom. The van der Waals surface area contributed by atoms with E-state index in [2.05, 4.69) is 25.8 Å². The lowest BCUT2D eigenvalue weighted by Crippen LogP contribution is -2.18. The van der Waals surface area contributed by atoms with Gasteiger partial charge < -0.3 is 4.90 Å². The summed E-state index contributed by atoms with van der Waals surface area (Å²) in [5.41, 5.74) is 2.30. The van der Waals surface area contributed by atoms with Crippen LogP contribution in [0.2, 0.25) is 0 Å². The van der Waals surface area contributed by atoms with Gasteiger partial charge in [0, 0.05) is 23.8 Å². The Morgan fingerprint density at radius 2 is 1.86 bits per heavy atom. The summed E-state index contributed by atoms with van der Waals surface area (Å²) in [5.74, 6) is -0.173. The lowest BCUT2D eigenvalue weighted by atomic mass is 10.2. The van der Waals surface area contributed by atoms with Crippen LogP contribution >= 0.6 is 15.9 Å². The molecule has 2 nitrogen and oxygen atoms in total. The van der Waals surface area contributed by atoms with Crippen LogP contribution in [-0.4, -0.2) is 19.3 Å². The summed E-state index contributed by atoms with van der Waals surface area (Å²) in [6, 6.07) is 13.0. The molecule has 0 atom stereocenters. The van der Waals surface area contributed by atoms with Crippen LogP contribution in [0.15, 0.2) is 51.9 Å². The number of rotatable bonds is 3. The maximum atomic E-state index is 14.2. The fourth-order valence-electron chi connectivity index (χ4n) is 2.52. The van der Waals surface area contributed by atoms with Crippen LogP contribution in [0.1, 0.15) is 18.4 Å². The largest absolute Gasteiger partial charge is 0.369 e. The summed E-state index contributed by atoms with van der Waals surface area (Å²) in [7, 11) is 0. The first-order valence-corrected chi connectivity index (χ1v) is 7.86. The van der Waals surface area contributed by atoms with E-state index in [1.165, 1.54) is 0 Å². The molecule has 0 bridgehead atoms. The van der Waals surface area contributed by atoms with E-state index in [0.29, 0.717) is 5.69 Å². The molecule has 1 heterocycles. The molecular formula is C17H16BrFN2. The second-order valence-electron chi connectivity index (χ2n) is 5.11. The van der Waals surface area contributed by atoms with E-state index >= 15 is 0 Å². The van der Waals surface area contributed by atoms with Crippen LogP contribution in [0.25, 0.3) is 0 Å². The molecule has 0 radical (unpaired) electrons. The Hall–Kier alpha value is -1.68. The maximum Gasteiger partial charge on any atom is 0.147 e. The van der Waals surface area contributed by atoms with Crippen molar-refractivity contribution in [1.82, 2.24) is 0 Å². The number of hydrogen-bond donors (Lipinski definition) is 0. The average Bonchev–Trinajstić information content (AvgIpc) is 3.00. The number of hydrogen-bond acceptors (Lipinski definition) is 2. The summed E-state index contributed by atoms with van der Waals surface area (Å²) in [5, 5.41) is 0. The second kappa shape index (κ2) is 6.39. The van der Waals surface area contributed by atoms with Crippen molar-refractivity contribution in [2.45, 2.75) is 12.8 Å². The van der Waals surface area contributed by atoms with E-state index in [-0.39, 0.29) is 5.82 Å². The van der Waals surface area contributed by atoms with Crippen LogP contribution in [-0.2, 0) is 0 Å². The van der Waals surface area contributed by atoms with Crippen LogP contribution in [0.5, 0.6) is 0 Å². The minimum atomic E-state index is -0.173. The summed E-state index contributed by atoms with van der Waals surface area (Å²) in [6.45, 7) is 1.89. The number of anilines is 1. The molecule has 2 aromatic rings. The third-order valence-corrected chi connectivity index (χ3v) is 4.29. The smallest absolute Gasteiger partial charge is 0.147 e. The summed E-state index contributed by atoms with van der Waals surface area (Å²) in [4.78, 5) is 6.49. The van der Waals surface area contributed by atoms with Crippen molar-refractivity contribution in [3.8, 4) is 0 Å². The zero-order valence-electron chi connectivity index (χ0n) is 11.6. The molecule has 1 aliphatic heterocycles. The van der Waals surface area contributed by atoms with Crippen molar-refractivity contribution < 1.29 is 4.39 Å². The lowest BCUT2D eigenvalue weighted by Gasteiger charge is -2.18. The van der Waals surface area contributed by atoms with E-state index in [4.69, 9.17) is 0 Å². The van der Waals surface area contributed by atoms with Crippen LogP contribution in [0.4, 0.5) is 15.8 Å². The van der Waals surface area contributed by atoms with Gasteiger partial charge in [-0.15, -0.1) is 0 Å². The highest BCUT2D eigenvalue weighted by Gasteiger charge is 2.15. The fraction of sp³-hybridized carbons (Fsp3) is 0.235. The van der Waals surface area contributed by atoms with Crippen molar-refractivity contribution in [2.75, 3.05) is 18.0 Å². The molecule has 21 heavy (non-hydrogen) atoms. The standard InChI is InChI=1S/C17H16BrFN2/c18-14-5-1-2-6-16(14)20-12-13-7-8-17(15(19)11-13)21-9-3-4-10-21/h1-2,5-8,11-12H,3-4,9-10H2. The lowest BCUT2D eigenvalue weighted by molar-refractivity contribution is 0.623. The topological polar surface area (TPSA) is 15.6 Å². The molecule has 0 spiro atoms. The molecule has 1 aliphatic rings. The zero-order valence-corrected chi connectivity index (χ0v) is 13.2. The molecule has 0 N–H and O–H groups in total. The van der Waals surface area contributed by atoms with Crippen molar-refractivity contribution in [2.24, 2.45) is 4.99 Å². The Morgan fingerprint density at radius 1 is 1.10 bits per heavy atom. The Bertz CT molecular complexity index is 664. The molecule has 4 heteroatoms. The molecule has 108 valence electrons. The summed E-state index contributed by atoms with van der Waals surface area (Å²) >= 11 is 3.45. The summed E-state index contributed by atoms with van der Waals surface area (Å²) < 4.78 is 15.1. The monoisotopic (exact) mass is 346 g/mol. The van der Waals surface area contributed by atoms with Crippen LogP contribution < -0.4 is 4.90 Å². The minimum absolute atomic E-state index is 0.173. The SMILES string of the molecule is Fc1cc(C=Nc2ccccc2Br)ccc1N1CCCC1. The van der Waals surface area contributed by atoms with Gasteiger partial charge in [0.05, 0.1) is 11.4 Å².